The molecule has 0 radical (unpaired) electrons. The summed E-state index contributed by atoms with van der Waals surface area (Å²) in [6, 6.07) is 4.63. The summed E-state index contributed by atoms with van der Waals surface area (Å²) in [5, 5.41) is 0. The Morgan fingerprint density at radius 1 is 1.39 bits per heavy atom. The van der Waals surface area contributed by atoms with E-state index in [0.717, 1.165) is 6.08 Å². The standard InChI is InChI=1S/C12H16NO4P/c1-4-11(14)10-8-7-9-12(13-10)18(15,16-5-2)17-6-3/h4,7-9H,1,5-6H2,2-3H3. The molecule has 0 saturated heterocycles. The lowest BCUT2D eigenvalue weighted by atomic mass is 10.2. The van der Waals surface area contributed by atoms with E-state index in [1.165, 1.54) is 12.1 Å². The molecular formula is C12H16NO4P. The van der Waals surface area contributed by atoms with Gasteiger partial charge in [0.1, 0.15) is 5.69 Å². The fourth-order valence-corrected chi connectivity index (χ4v) is 2.84. The summed E-state index contributed by atoms with van der Waals surface area (Å²) in [7, 11) is -3.45. The van der Waals surface area contributed by atoms with Gasteiger partial charge < -0.3 is 9.05 Å². The van der Waals surface area contributed by atoms with Crippen LogP contribution in [0.1, 0.15) is 24.3 Å². The fraction of sp³-hybridized carbons (Fsp3) is 0.333. The average molecular weight is 269 g/mol. The van der Waals surface area contributed by atoms with Crippen LogP contribution in [0, 0.1) is 0 Å². The third-order valence-corrected chi connectivity index (χ3v) is 4.06. The summed E-state index contributed by atoms with van der Waals surface area (Å²) in [5.41, 5.74) is 0.307. The van der Waals surface area contributed by atoms with Crippen molar-refractivity contribution >= 4 is 18.8 Å². The van der Waals surface area contributed by atoms with E-state index in [-0.39, 0.29) is 30.1 Å². The smallest absolute Gasteiger partial charge is 0.304 e. The first-order chi connectivity index (χ1) is 8.57. The molecule has 0 aliphatic rings. The SMILES string of the molecule is C=CC(=O)c1cccc(P(=O)(OCC)OCC)n1. The second-order valence-electron chi connectivity index (χ2n) is 3.28. The molecule has 6 heteroatoms. The van der Waals surface area contributed by atoms with Gasteiger partial charge >= 0.3 is 7.60 Å². The van der Waals surface area contributed by atoms with E-state index in [0.29, 0.717) is 0 Å². The van der Waals surface area contributed by atoms with Gasteiger partial charge in [0.25, 0.3) is 0 Å². The van der Waals surface area contributed by atoms with Crippen LogP contribution in [0.5, 0.6) is 0 Å². The Bertz CT molecular complexity index is 477. The van der Waals surface area contributed by atoms with Crippen LogP contribution in [-0.4, -0.2) is 24.0 Å². The van der Waals surface area contributed by atoms with Crippen molar-refractivity contribution in [2.45, 2.75) is 13.8 Å². The first kappa shape index (κ1) is 14.8. The van der Waals surface area contributed by atoms with Gasteiger partial charge in [-0.25, -0.2) is 4.98 Å². The Morgan fingerprint density at radius 3 is 2.50 bits per heavy atom. The zero-order chi connectivity index (χ0) is 13.6. The minimum absolute atomic E-state index is 0.138. The molecule has 0 aromatic carbocycles. The quantitative estimate of drug-likeness (QED) is 0.432. The maximum atomic E-state index is 12.4. The van der Waals surface area contributed by atoms with Gasteiger partial charge in [-0.1, -0.05) is 12.6 Å². The molecule has 0 spiro atoms. The van der Waals surface area contributed by atoms with E-state index >= 15 is 0 Å². The molecule has 0 amide bonds. The summed E-state index contributed by atoms with van der Waals surface area (Å²) < 4.78 is 22.7. The number of hydrogen-bond donors (Lipinski definition) is 0. The van der Waals surface area contributed by atoms with Crippen molar-refractivity contribution in [1.29, 1.82) is 0 Å². The minimum atomic E-state index is -3.45. The van der Waals surface area contributed by atoms with E-state index in [2.05, 4.69) is 11.6 Å². The number of pyridine rings is 1. The van der Waals surface area contributed by atoms with Crippen molar-refractivity contribution in [3.05, 3.63) is 36.5 Å². The summed E-state index contributed by atoms with van der Waals surface area (Å²) in [5.74, 6) is -0.337. The lowest BCUT2D eigenvalue weighted by Crippen LogP contribution is -2.17. The van der Waals surface area contributed by atoms with E-state index in [9.17, 15) is 9.36 Å². The van der Waals surface area contributed by atoms with Crippen LogP contribution in [0.4, 0.5) is 0 Å². The molecule has 0 bridgehead atoms. The molecule has 0 saturated carbocycles. The summed E-state index contributed by atoms with van der Waals surface area (Å²) in [6.45, 7) is 7.28. The molecule has 1 heterocycles. The normalized spacial score (nSPS) is 11.2. The molecule has 0 aliphatic carbocycles. The van der Waals surface area contributed by atoms with Gasteiger partial charge in [0.05, 0.1) is 13.2 Å². The maximum absolute atomic E-state index is 12.4. The number of carbonyl (C=O) groups excluding carboxylic acids is 1. The molecule has 0 aliphatic heterocycles. The summed E-state index contributed by atoms with van der Waals surface area (Å²) in [4.78, 5) is 15.5. The van der Waals surface area contributed by atoms with Crippen LogP contribution in [0.25, 0.3) is 0 Å². The number of nitrogens with zero attached hydrogens (tertiary/aromatic N) is 1. The third-order valence-electron chi connectivity index (χ3n) is 2.05. The molecule has 1 aromatic rings. The Hall–Kier alpha value is -1.29. The lowest BCUT2D eigenvalue weighted by Gasteiger charge is -2.16. The van der Waals surface area contributed by atoms with Crippen molar-refractivity contribution in [2.75, 3.05) is 13.2 Å². The van der Waals surface area contributed by atoms with Crippen molar-refractivity contribution in [3.63, 3.8) is 0 Å². The van der Waals surface area contributed by atoms with Crippen molar-refractivity contribution < 1.29 is 18.4 Å². The van der Waals surface area contributed by atoms with Crippen molar-refractivity contribution in [2.24, 2.45) is 0 Å². The molecular weight excluding hydrogens is 253 g/mol. The highest BCUT2D eigenvalue weighted by Gasteiger charge is 2.28. The van der Waals surface area contributed by atoms with Crippen molar-refractivity contribution in [3.8, 4) is 0 Å². The minimum Gasteiger partial charge on any atom is -0.304 e. The molecule has 18 heavy (non-hydrogen) atoms. The third kappa shape index (κ3) is 3.35. The highest BCUT2D eigenvalue weighted by molar-refractivity contribution is 7.61. The number of rotatable bonds is 7. The highest BCUT2D eigenvalue weighted by atomic mass is 31.2. The average Bonchev–Trinajstić information content (AvgIpc) is 2.38. The van der Waals surface area contributed by atoms with Gasteiger partial charge in [0, 0.05) is 0 Å². The molecule has 5 nitrogen and oxygen atoms in total. The molecule has 0 atom stereocenters. The number of carbonyl (C=O) groups is 1. The van der Waals surface area contributed by atoms with Gasteiger partial charge in [0.2, 0.25) is 5.78 Å². The Labute approximate surface area is 106 Å². The van der Waals surface area contributed by atoms with Gasteiger partial charge in [-0.15, -0.1) is 0 Å². The highest BCUT2D eigenvalue weighted by Crippen LogP contribution is 2.45. The molecule has 0 fully saturated rings. The Balaban J connectivity index is 3.17. The van der Waals surface area contributed by atoms with Crippen LogP contribution in [0.2, 0.25) is 0 Å². The molecule has 0 unspecified atom stereocenters. The molecule has 0 N–H and O–H groups in total. The maximum Gasteiger partial charge on any atom is 0.379 e. The molecule has 1 aromatic heterocycles. The Morgan fingerprint density at radius 2 is 2.00 bits per heavy atom. The topological polar surface area (TPSA) is 65.5 Å². The van der Waals surface area contributed by atoms with E-state index in [1.54, 1.807) is 19.9 Å². The Kier molecular flexibility index (Phi) is 5.41. The number of aromatic nitrogens is 1. The zero-order valence-corrected chi connectivity index (χ0v) is 11.4. The monoisotopic (exact) mass is 269 g/mol. The number of hydrogen-bond acceptors (Lipinski definition) is 5. The van der Waals surface area contributed by atoms with Crippen molar-refractivity contribution in [1.82, 2.24) is 4.98 Å². The van der Waals surface area contributed by atoms with E-state index in [4.69, 9.17) is 9.05 Å². The van der Waals surface area contributed by atoms with Crippen LogP contribution >= 0.6 is 7.60 Å². The first-order valence-electron chi connectivity index (χ1n) is 5.61. The number of allylic oxidation sites excluding steroid dienone is 1. The van der Waals surface area contributed by atoms with Crippen LogP contribution in [0.3, 0.4) is 0 Å². The van der Waals surface area contributed by atoms with Gasteiger partial charge in [-0.3, -0.25) is 9.36 Å². The van der Waals surface area contributed by atoms with Gasteiger partial charge in [0.15, 0.2) is 5.44 Å². The second-order valence-corrected chi connectivity index (χ2v) is 5.25. The van der Waals surface area contributed by atoms with Crippen LogP contribution in [0.15, 0.2) is 30.9 Å². The van der Waals surface area contributed by atoms with E-state index in [1.807, 2.05) is 0 Å². The van der Waals surface area contributed by atoms with Gasteiger partial charge in [-0.05, 0) is 32.1 Å². The van der Waals surface area contributed by atoms with Gasteiger partial charge in [-0.2, -0.15) is 0 Å². The largest absolute Gasteiger partial charge is 0.379 e. The second kappa shape index (κ2) is 6.59. The predicted molar refractivity (Wildman–Crippen MR) is 69.3 cm³/mol. The predicted octanol–water partition coefficient (Wildman–Crippen LogP) is 2.34. The summed E-state index contributed by atoms with van der Waals surface area (Å²) >= 11 is 0. The van der Waals surface area contributed by atoms with Crippen LogP contribution in [-0.2, 0) is 13.6 Å². The first-order valence-corrected chi connectivity index (χ1v) is 7.15. The van der Waals surface area contributed by atoms with Crippen LogP contribution < -0.4 is 5.44 Å². The summed E-state index contributed by atoms with van der Waals surface area (Å²) in [6.07, 6.45) is 1.15. The fourth-order valence-electron chi connectivity index (χ4n) is 1.33. The lowest BCUT2D eigenvalue weighted by molar-refractivity contribution is 0.104. The number of ketones is 1. The zero-order valence-electron chi connectivity index (χ0n) is 10.5. The van der Waals surface area contributed by atoms with E-state index < -0.39 is 7.60 Å². The molecule has 1 rings (SSSR count). The molecule has 98 valence electrons.